The normalized spacial score (nSPS) is 11.1. The van der Waals surface area contributed by atoms with Crippen LogP contribution in [0, 0.1) is 29.1 Å². The Bertz CT molecular complexity index is 624. The lowest BCUT2D eigenvalue weighted by Crippen LogP contribution is -2.15. The molecule has 0 amide bonds. The maximum atomic E-state index is 13.6. The summed E-state index contributed by atoms with van der Waals surface area (Å²) in [7, 11) is 0. The van der Waals surface area contributed by atoms with Crippen molar-refractivity contribution in [1.29, 1.82) is 0 Å². The molecule has 1 aromatic carbocycles. The van der Waals surface area contributed by atoms with Crippen LogP contribution < -0.4 is 5.32 Å². The van der Waals surface area contributed by atoms with Gasteiger partial charge in [-0.3, -0.25) is 0 Å². The monoisotopic (exact) mass is 305 g/mol. The minimum Gasteiger partial charge on any atom is -0.311 e. The molecule has 21 heavy (non-hydrogen) atoms. The van der Waals surface area contributed by atoms with E-state index in [9.17, 15) is 22.0 Å². The first kappa shape index (κ1) is 15.4. The summed E-state index contributed by atoms with van der Waals surface area (Å²) in [5, 5.41) is 6.81. The maximum Gasteiger partial charge on any atom is 0.200 e. The minimum atomic E-state index is -2.19. The Kier molecular flexibility index (Phi) is 4.56. The lowest BCUT2D eigenvalue weighted by Gasteiger charge is -2.08. The van der Waals surface area contributed by atoms with Crippen LogP contribution in [-0.4, -0.2) is 16.3 Å². The fourth-order valence-corrected chi connectivity index (χ4v) is 1.77. The largest absolute Gasteiger partial charge is 0.311 e. The van der Waals surface area contributed by atoms with Gasteiger partial charge in [0.2, 0.25) is 5.82 Å². The Morgan fingerprint density at radius 3 is 2.14 bits per heavy atom. The van der Waals surface area contributed by atoms with E-state index in [0.717, 1.165) is 19.2 Å². The molecule has 0 spiro atoms. The SMILES string of the molecule is CCCNCc1ccn(-c2c(F)c(F)c(F)c(F)c2F)n1. The number of aromatic nitrogens is 2. The lowest BCUT2D eigenvalue weighted by molar-refractivity contribution is 0.373. The zero-order valence-corrected chi connectivity index (χ0v) is 11.1. The highest BCUT2D eigenvalue weighted by Crippen LogP contribution is 2.25. The average Bonchev–Trinajstić information content (AvgIpc) is 2.92. The molecule has 1 N–H and O–H groups in total. The van der Waals surface area contributed by atoms with Gasteiger partial charge in [0.15, 0.2) is 23.3 Å². The smallest absolute Gasteiger partial charge is 0.200 e. The predicted octanol–water partition coefficient (Wildman–Crippen LogP) is 3.07. The standard InChI is InChI=1S/C13H12F5N3/c1-2-4-19-6-7-3-5-21(20-7)13-11(17)9(15)8(14)10(16)12(13)18/h3,5,19H,2,4,6H2,1H3. The minimum absolute atomic E-state index is 0.330. The Morgan fingerprint density at radius 2 is 1.57 bits per heavy atom. The van der Waals surface area contributed by atoms with Gasteiger partial charge in [-0.15, -0.1) is 0 Å². The summed E-state index contributed by atoms with van der Waals surface area (Å²) in [6, 6.07) is 1.43. The Hall–Kier alpha value is -1.96. The first-order valence-corrected chi connectivity index (χ1v) is 6.24. The van der Waals surface area contributed by atoms with Crippen LogP contribution in [-0.2, 0) is 6.54 Å². The second kappa shape index (κ2) is 6.21. The fourth-order valence-electron chi connectivity index (χ4n) is 1.77. The van der Waals surface area contributed by atoms with Crippen molar-refractivity contribution < 1.29 is 22.0 Å². The van der Waals surface area contributed by atoms with Crippen molar-refractivity contribution in [3.05, 3.63) is 47.0 Å². The molecule has 2 rings (SSSR count). The van der Waals surface area contributed by atoms with Gasteiger partial charge in [0.25, 0.3) is 0 Å². The fraction of sp³-hybridized carbons (Fsp3) is 0.308. The van der Waals surface area contributed by atoms with E-state index < -0.39 is 34.8 Å². The van der Waals surface area contributed by atoms with E-state index >= 15 is 0 Å². The highest BCUT2D eigenvalue weighted by Gasteiger charge is 2.27. The van der Waals surface area contributed by atoms with Gasteiger partial charge in [-0.05, 0) is 19.0 Å². The van der Waals surface area contributed by atoms with Crippen molar-refractivity contribution in [2.75, 3.05) is 6.54 Å². The van der Waals surface area contributed by atoms with E-state index in [4.69, 9.17) is 0 Å². The second-order valence-corrected chi connectivity index (χ2v) is 4.35. The molecule has 1 aromatic heterocycles. The van der Waals surface area contributed by atoms with Crippen molar-refractivity contribution in [1.82, 2.24) is 15.1 Å². The third-order valence-electron chi connectivity index (χ3n) is 2.79. The van der Waals surface area contributed by atoms with Gasteiger partial charge in [0.05, 0.1) is 5.69 Å². The van der Waals surface area contributed by atoms with E-state index in [1.54, 1.807) is 0 Å². The number of hydrogen-bond acceptors (Lipinski definition) is 2. The summed E-state index contributed by atoms with van der Waals surface area (Å²) in [6.07, 6.45) is 2.03. The van der Waals surface area contributed by atoms with Crippen LogP contribution >= 0.6 is 0 Å². The van der Waals surface area contributed by atoms with Crippen molar-refractivity contribution in [2.45, 2.75) is 19.9 Å². The van der Waals surface area contributed by atoms with Crippen LogP contribution in [0.5, 0.6) is 0 Å². The van der Waals surface area contributed by atoms with Crippen LogP contribution in [0.15, 0.2) is 12.3 Å². The molecule has 0 aliphatic rings. The van der Waals surface area contributed by atoms with Gasteiger partial charge < -0.3 is 5.32 Å². The Labute approximate surface area is 117 Å². The molecule has 2 aromatic rings. The molecule has 0 unspecified atom stereocenters. The average molecular weight is 305 g/mol. The third-order valence-corrected chi connectivity index (χ3v) is 2.79. The predicted molar refractivity (Wildman–Crippen MR) is 65.4 cm³/mol. The van der Waals surface area contributed by atoms with E-state index in [0.29, 0.717) is 16.9 Å². The van der Waals surface area contributed by atoms with Crippen molar-refractivity contribution in [2.24, 2.45) is 0 Å². The van der Waals surface area contributed by atoms with Gasteiger partial charge in [-0.25, -0.2) is 26.6 Å². The van der Waals surface area contributed by atoms with Crippen LogP contribution in [0.1, 0.15) is 19.0 Å². The van der Waals surface area contributed by atoms with Crippen molar-refractivity contribution in [3.8, 4) is 5.69 Å². The third kappa shape index (κ3) is 2.90. The van der Waals surface area contributed by atoms with Crippen LogP contribution in [0.2, 0.25) is 0 Å². The molecule has 0 fully saturated rings. The van der Waals surface area contributed by atoms with Crippen LogP contribution in [0.4, 0.5) is 22.0 Å². The second-order valence-electron chi connectivity index (χ2n) is 4.35. The number of rotatable bonds is 5. The summed E-state index contributed by atoms with van der Waals surface area (Å²) in [5.74, 6) is -10.0. The molecule has 8 heteroatoms. The van der Waals surface area contributed by atoms with E-state index in [2.05, 4.69) is 10.4 Å². The summed E-state index contributed by atoms with van der Waals surface area (Å²) in [5.41, 5.74) is -0.666. The van der Waals surface area contributed by atoms with Crippen molar-refractivity contribution in [3.63, 3.8) is 0 Å². The highest BCUT2D eigenvalue weighted by molar-refractivity contribution is 5.37. The molecule has 0 bridgehead atoms. The molecular weight excluding hydrogens is 293 g/mol. The molecule has 1 heterocycles. The Morgan fingerprint density at radius 1 is 1.00 bits per heavy atom. The number of nitrogens with one attached hydrogen (secondary N) is 1. The first-order chi connectivity index (χ1) is 9.97. The molecule has 0 aliphatic heterocycles. The zero-order chi connectivity index (χ0) is 15.6. The molecule has 0 atom stereocenters. The van der Waals surface area contributed by atoms with Gasteiger partial charge in [0.1, 0.15) is 5.69 Å². The number of hydrogen-bond donors (Lipinski definition) is 1. The van der Waals surface area contributed by atoms with Crippen LogP contribution in [0.3, 0.4) is 0 Å². The van der Waals surface area contributed by atoms with Crippen LogP contribution in [0.25, 0.3) is 5.69 Å². The number of benzene rings is 1. The molecular formula is C13H12F5N3. The van der Waals surface area contributed by atoms with Gasteiger partial charge in [-0.1, -0.05) is 6.92 Å². The summed E-state index contributed by atoms with van der Waals surface area (Å²) >= 11 is 0. The van der Waals surface area contributed by atoms with Crippen molar-refractivity contribution >= 4 is 0 Å². The van der Waals surface area contributed by atoms with E-state index in [1.165, 1.54) is 6.07 Å². The first-order valence-electron chi connectivity index (χ1n) is 6.24. The van der Waals surface area contributed by atoms with Gasteiger partial charge in [0, 0.05) is 12.7 Å². The number of halogens is 5. The zero-order valence-electron chi connectivity index (χ0n) is 11.1. The molecule has 114 valence electrons. The maximum absolute atomic E-state index is 13.6. The topological polar surface area (TPSA) is 29.9 Å². The molecule has 0 aliphatic carbocycles. The Balaban J connectivity index is 2.39. The number of nitrogens with zero attached hydrogens (tertiary/aromatic N) is 2. The van der Waals surface area contributed by atoms with Gasteiger partial charge in [-0.2, -0.15) is 5.10 Å². The molecule has 0 saturated carbocycles. The van der Waals surface area contributed by atoms with Gasteiger partial charge >= 0.3 is 0 Å². The molecule has 0 saturated heterocycles. The lowest BCUT2D eigenvalue weighted by atomic mass is 10.2. The molecule has 3 nitrogen and oxygen atoms in total. The molecule has 0 radical (unpaired) electrons. The summed E-state index contributed by atoms with van der Waals surface area (Å²) < 4.78 is 67.1. The highest BCUT2D eigenvalue weighted by atomic mass is 19.2. The quantitative estimate of drug-likeness (QED) is 0.398. The van der Waals surface area contributed by atoms with E-state index in [1.807, 2.05) is 6.92 Å². The summed E-state index contributed by atoms with van der Waals surface area (Å²) in [6.45, 7) is 3.01. The van der Waals surface area contributed by atoms with E-state index in [-0.39, 0.29) is 0 Å². The summed E-state index contributed by atoms with van der Waals surface area (Å²) in [4.78, 5) is 0.